The lowest BCUT2D eigenvalue weighted by Gasteiger charge is -2.09. The maximum Gasteiger partial charge on any atom is 0.160 e. The summed E-state index contributed by atoms with van der Waals surface area (Å²) in [5.41, 5.74) is 4.90. The van der Waals surface area contributed by atoms with Crippen LogP contribution in [0.3, 0.4) is 0 Å². The Morgan fingerprint density at radius 1 is 0.577 bits per heavy atom. The lowest BCUT2D eigenvalue weighted by molar-refractivity contribution is 0.415. The van der Waals surface area contributed by atoms with Gasteiger partial charge in [-0.1, -0.05) is 60.7 Å². The second-order valence-corrected chi connectivity index (χ2v) is 5.92. The fourth-order valence-electron chi connectivity index (χ4n) is 2.83. The van der Waals surface area contributed by atoms with Crippen LogP contribution < -0.4 is 4.74 Å². The number of ether oxygens (including phenoxy) is 1. The first-order chi connectivity index (χ1) is 12.8. The van der Waals surface area contributed by atoms with Crippen LogP contribution >= 0.6 is 0 Å². The zero-order valence-corrected chi connectivity index (χ0v) is 14.5. The summed E-state index contributed by atoms with van der Waals surface area (Å²) in [6, 6.07) is 30.2. The van der Waals surface area contributed by atoms with Crippen molar-refractivity contribution in [3.63, 3.8) is 0 Å². The molecule has 1 heterocycles. The topological polar surface area (TPSA) is 35.0 Å². The van der Waals surface area contributed by atoms with Crippen LogP contribution in [0.1, 0.15) is 0 Å². The van der Waals surface area contributed by atoms with Gasteiger partial charge >= 0.3 is 0 Å². The third-order valence-electron chi connectivity index (χ3n) is 4.21. The molecule has 0 radical (unpaired) electrons. The Kier molecular flexibility index (Phi) is 4.44. The molecule has 0 unspecified atom stereocenters. The number of benzene rings is 3. The van der Waals surface area contributed by atoms with Gasteiger partial charge in [-0.05, 0) is 30.3 Å². The molecule has 0 saturated carbocycles. The van der Waals surface area contributed by atoms with Crippen molar-refractivity contribution in [1.29, 1.82) is 0 Å². The molecule has 3 aromatic carbocycles. The van der Waals surface area contributed by atoms with Crippen LogP contribution in [0.15, 0.2) is 91.0 Å². The van der Waals surface area contributed by atoms with Crippen LogP contribution in [-0.2, 0) is 0 Å². The van der Waals surface area contributed by atoms with Crippen molar-refractivity contribution in [2.24, 2.45) is 0 Å². The van der Waals surface area contributed by atoms with Crippen LogP contribution in [-0.4, -0.2) is 17.1 Å². The van der Waals surface area contributed by atoms with Gasteiger partial charge in [-0.15, -0.1) is 0 Å². The van der Waals surface area contributed by atoms with Crippen LogP contribution in [0.5, 0.6) is 5.75 Å². The minimum absolute atomic E-state index is 0.720. The molecule has 1 aromatic heterocycles. The maximum atomic E-state index is 5.26. The molecule has 4 rings (SSSR count). The molecule has 126 valence electrons. The highest BCUT2D eigenvalue weighted by Gasteiger charge is 2.10. The monoisotopic (exact) mass is 338 g/mol. The van der Waals surface area contributed by atoms with E-state index in [2.05, 4.69) is 12.1 Å². The lowest BCUT2D eigenvalue weighted by Crippen LogP contribution is -1.95. The Morgan fingerprint density at radius 2 is 1.08 bits per heavy atom. The Labute approximate surface area is 153 Å². The van der Waals surface area contributed by atoms with E-state index in [0.717, 1.165) is 39.7 Å². The number of aromatic nitrogens is 2. The van der Waals surface area contributed by atoms with Crippen molar-refractivity contribution in [2.75, 3.05) is 7.11 Å². The fraction of sp³-hybridized carbons (Fsp3) is 0.0435. The van der Waals surface area contributed by atoms with Gasteiger partial charge in [-0.2, -0.15) is 0 Å². The van der Waals surface area contributed by atoms with Gasteiger partial charge in [0.05, 0.1) is 18.5 Å². The second-order valence-electron chi connectivity index (χ2n) is 5.92. The van der Waals surface area contributed by atoms with Crippen molar-refractivity contribution in [2.45, 2.75) is 0 Å². The minimum atomic E-state index is 0.720. The zero-order valence-electron chi connectivity index (χ0n) is 14.5. The molecule has 0 saturated heterocycles. The van der Waals surface area contributed by atoms with E-state index in [1.54, 1.807) is 7.11 Å². The number of rotatable bonds is 4. The largest absolute Gasteiger partial charge is 0.497 e. The molecule has 0 spiro atoms. The number of methoxy groups -OCH3 is 1. The zero-order chi connectivity index (χ0) is 17.8. The molecule has 0 aliphatic carbocycles. The molecule has 0 amide bonds. The molecule has 0 fully saturated rings. The summed E-state index contributed by atoms with van der Waals surface area (Å²) in [7, 11) is 1.67. The summed E-state index contributed by atoms with van der Waals surface area (Å²) in [6.45, 7) is 0. The van der Waals surface area contributed by atoms with Crippen molar-refractivity contribution >= 4 is 0 Å². The molecule has 4 aromatic rings. The predicted octanol–water partition coefficient (Wildman–Crippen LogP) is 5.49. The van der Waals surface area contributed by atoms with E-state index in [1.807, 2.05) is 78.9 Å². The highest BCUT2D eigenvalue weighted by molar-refractivity contribution is 5.71. The molecule has 0 aliphatic rings. The van der Waals surface area contributed by atoms with E-state index in [4.69, 9.17) is 14.7 Å². The summed E-state index contributed by atoms with van der Waals surface area (Å²) in [5.74, 6) is 1.55. The van der Waals surface area contributed by atoms with Crippen LogP contribution in [0.25, 0.3) is 33.9 Å². The summed E-state index contributed by atoms with van der Waals surface area (Å²) < 4.78 is 5.26. The van der Waals surface area contributed by atoms with Gasteiger partial charge in [0.1, 0.15) is 5.75 Å². The van der Waals surface area contributed by atoms with E-state index in [0.29, 0.717) is 0 Å². The van der Waals surface area contributed by atoms with Gasteiger partial charge in [-0.25, -0.2) is 9.97 Å². The molecular weight excluding hydrogens is 320 g/mol. The molecule has 26 heavy (non-hydrogen) atoms. The molecule has 0 N–H and O–H groups in total. The smallest absolute Gasteiger partial charge is 0.160 e. The Morgan fingerprint density at radius 3 is 1.62 bits per heavy atom. The summed E-state index contributed by atoms with van der Waals surface area (Å²) >= 11 is 0. The molecule has 0 atom stereocenters. The van der Waals surface area contributed by atoms with Gasteiger partial charge in [0, 0.05) is 16.7 Å². The predicted molar refractivity (Wildman–Crippen MR) is 105 cm³/mol. The first-order valence-electron chi connectivity index (χ1n) is 8.48. The molecule has 0 aliphatic heterocycles. The maximum absolute atomic E-state index is 5.26. The van der Waals surface area contributed by atoms with Crippen molar-refractivity contribution < 1.29 is 4.74 Å². The van der Waals surface area contributed by atoms with E-state index in [9.17, 15) is 0 Å². The van der Waals surface area contributed by atoms with Crippen molar-refractivity contribution in [3.05, 3.63) is 91.0 Å². The quantitative estimate of drug-likeness (QED) is 0.494. The average Bonchev–Trinajstić information content (AvgIpc) is 2.75. The Balaban J connectivity index is 1.87. The van der Waals surface area contributed by atoms with Crippen LogP contribution in [0.2, 0.25) is 0 Å². The second kappa shape index (κ2) is 7.19. The van der Waals surface area contributed by atoms with Crippen molar-refractivity contribution in [3.8, 4) is 39.7 Å². The van der Waals surface area contributed by atoms with E-state index in [1.165, 1.54) is 0 Å². The summed E-state index contributed by atoms with van der Waals surface area (Å²) in [6.07, 6.45) is 0. The lowest BCUT2D eigenvalue weighted by atomic mass is 10.1. The summed E-state index contributed by atoms with van der Waals surface area (Å²) in [5, 5.41) is 0. The van der Waals surface area contributed by atoms with Gasteiger partial charge in [-0.3, -0.25) is 0 Å². The normalized spacial score (nSPS) is 10.5. The third kappa shape index (κ3) is 3.33. The highest BCUT2D eigenvalue weighted by Crippen LogP contribution is 2.28. The Bertz CT molecular complexity index is 940. The van der Waals surface area contributed by atoms with E-state index in [-0.39, 0.29) is 0 Å². The number of hydrogen-bond donors (Lipinski definition) is 0. The first-order valence-corrected chi connectivity index (χ1v) is 8.48. The third-order valence-corrected chi connectivity index (χ3v) is 4.21. The molecule has 0 bridgehead atoms. The van der Waals surface area contributed by atoms with Crippen LogP contribution in [0, 0.1) is 0 Å². The standard InChI is InChI=1S/C23H18N2O/c1-26-20-14-12-18(13-15-20)22-16-21(17-8-4-2-5-9-17)24-23(25-22)19-10-6-3-7-11-19/h2-16H,1H3. The number of hydrogen-bond acceptors (Lipinski definition) is 3. The highest BCUT2D eigenvalue weighted by atomic mass is 16.5. The SMILES string of the molecule is COc1ccc(-c2cc(-c3ccccc3)nc(-c3ccccc3)n2)cc1. The minimum Gasteiger partial charge on any atom is -0.497 e. The van der Waals surface area contributed by atoms with Gasteiger partial charge < -0.3 is 4.74 Å². The fourth-order valence-corrected chi connectivity index (χ4v) is 2.83. The van der Waals surface area contributed by atoms with E-state index >= 15 is 0 Å². The first kappa shape index (κ1) is 16.0. The van der Waals surface area contributed by atoms with Crippen LogP contribution in [0.4, 0.5) is 0 Å². The van der Waals surface area contributed by atoms with Gasteiger partial charge in [0.15, 0.2) is 5.82 Å². The molecule has 3 nitrogen and oxygen atoms in total. The van der Waals surface area contributed by atoms with Gasteiger partial charge in [0.25, 0.3) is 0 Å². The molecular formula is C23H18N2O. The molecule has 3 heteroatoms. The average molecular weight is 338 g/mol. The Hall–Kier alpha value is -3.46. The van der Waals surface area contributed by atoms with E-state index < -0.39 is 0 Å². The summed E-state index contributed by atoms with van der Waals surface area (Å²) in [4.78, 5) is 9.60. The van der Waals surface area contributed by atoms with Crippen molar-refractivity contribution in [1.82, 2.24) is 9.97 Å². The number of nitrogens with zero attached hydrogens (tertiary/aromatic N) is 2. The van der Waals surface area contributed by atoms with Gasteiger partial charge in [0.2, 0.25) is 0 Å².